The summed E-state index contributed by atoms with van der Waals surface area (Å²) in [6.45, 7) is 0. The molecule has 2 N–H and O–H groups in total. The number of hydrogen-bond donors (Lipinski definition) is 2. The fourth-order valence-electron chi connectivity index (χ4n) is 0. The number of halogens is 2. The molecule has 0 aliphatic heterocycles. The van der Waals surface area contributed by atoms with Crippen LogP contribution in [0.4, 0.5) is 4.79 Å². The zero-order valence-electron chi connectivity index (χ0n) is 6.56. The summed E-state index contributed by atoms with van der Waals surface area (Å²) < 4.78 is 0. The molecule has 0 aromatic rings. The monoisotopic (exact) mass is 234 g/mol. The molecule has 8 heteroatoms. The average Bonchev–Trinajstić information content (AvgIpc) is 0.811. The largest absolute Gasteiger partial charge is 1.00 e. The van der Waals surface area contributed by atoms with E-state index in [0.717, 1.165) is 0 Å². The first-order valence-corrected chi connectivity index (χ1v) is 0.651. The number of carbonyl (C=O) groups is 1. The van der Waals surface area contributed by atoms with Gasteiger partial charge in [-0.2, -0.15) is 0 Å². The third-order valence-electron chi connectivity index (χ3n) is 0. The molecule has 0 amide bonds. The topological polar surface area (TPSA) is 57.5 Å². The van der Waals surface area contributed by atoms with Gasteiger partial charge < -0.3 is 28.8 Å². The zero-order chi connectivity index (χ0) is 3.58. The minimum absolute atomic E-state index is 0. The van der Waals surface area contributed by atoms with Crippen LogP contribution in [0.5, 0.6) is 0 Å². The molecule has 0 aromatic carbocycles. The van der Waals surface area contributed by atoms with Crippen molar-refractivity contribution in [3.63, 3.8) is 0 Å². The molecule has 9 heavy (non-hydrogen) atoms. The maximum atomic E-state index is 8.56. The van der Waals surface area contributed by atoms with E-state index in [1.165, 1.54) is 0 Å². The van der Waals surface area contributed by atoms with Gasteiger partial charge in [0.2, 0.25) is 0 Å². The molecule has 0 heterocycles. The second kappa shape index (κ2) is 29.4. The van der Waals surface area contributed by atoms with Gasteiger partial charge in [0.15, 0.2) is 0 Å². The summed E-state index contributed by atoms with van der Waals surface area (Å²) in [7, 11) is 0. The smallest absolute Gasteiger partial charge is 1.00 e. The van der Waals surface area contributed by atoms with Crippen LogP contribution < -0.4 is 171 Å². The van der Waals surface area contributed by atoms with E-state index in [2.05, 4.69) is 0 Å². The summed E-state index contributed by atoms with van der Waals surface area (Å²) in [6.07, 6.45) is -1.83. The predicted octanol–water partition coefficient (Wildman–Crippen LogP) is -14.6. The van der Waals surface area contributed by atoms with Gasteiger partial charge in [0.25, 0.3) is 0 Å². The average molecular weight is 235 g/mol. The maximum Gasteiger partial charge on any atom is 1.00 e. The molecule has 0 spiro atoms. The van der Waals surface area contributed by atoms with Crippen molar-refractivity contribution < 1.29 is 188 Å². The van der Waals surface area contributed by atoms with Gasteiger partial charge in [-0.15, -0.1) is 0 Å². The molecule has 0 unspecified atom stereocenters. The molecule has 0 aliphatic carbocycles. The fraction of sp³-hybridized carbons (Fsp3) is 0. The minimum Gasteiger partial charge on any atom is -1.00 e. The second-order valence-corrected chi connectivity index (χ2v) is 0.283. The molecule has 0 aromatic heterocycles. The Labute approximate surface area is 188 Å². The van der Waals surface area contributed by atoms with Gasteiger partial charge in [-0.3, -0.25) is 0 Å². The third-order valence-corrected chi connectivity index (χ3v) is 0. The van der Waals surface area contributed by atoms with E-state index in [0.29, 0.717) is 0 Å². The van der Waals surface area contributed by atoms with E-state index in [1.54, 1.807) is 0 Å². The quantitative estimate of drug-likeness (QED) is 0.410. The maximum absolute atomic E-state index is 8.56. The van der Waals surface area contributed by atoms with Crippen LogP contribution in [0.2, 0.25) is 0 Å². The van der Waals surface area contributed by atoms with Crippen LogP contribution in [0, 0.1) is 0 Å². The van der Waals surface area contributed by atoms with Crippen molar-refractivity contribution >= 4 is 6.16 Å². The Bertz CT molecular complexity index is 46.7. The van der Waals surface area contributed by atoms with Crippen molar-refractivity contribution in [2.75, 3.05) is 0 Å². The molecular formula is CH3ClFK3O3. The molecule has 0 aliphatic rings. The van der Waals surface area contributed by atoms with Gasteiger partial charge in [0.05, 0.1) is 0 Å². The van der Waals surface area contributed by atoms with Crippen LogP contribution in [-0.2, 0) is 0 Å². The van der Waals surface area contributed by atoms with E-state index < -0.39 is 6.16 Å². The van der Waals surface area contributed by atoms with Crippen LogP contribution in [-0.4, -0.2) is 16.4 Å². The SMILES string of the molecule is O=C(O)O.[Cl-].[F-].[H-].[K+].[K+].[K+]. The van der Waals surface area contributed by atoms with Crippen molar-refractivity contribution in [3.05, 3.63) is 0 Å². The Morgan fingerprint density at radius 3 is 1.11 bits per heavy atom. The normalized spacial score (nSPS) is 2.67. The molecular weight excluding hydrogens is 232 g/mol. The first kappa shape index (κ1) is 37.6. The molecule has 0 radical (unpaired) electrons. The minimum atomic E-state index is -1.83. The number of carboxylic acid groups (broad SMARTS) is 2. The Hall–Kier alpha value is 4.40. The molecule has 42 valence electrons. The van der Waals surface area contributed by atoms with E-state index in [-0.39, 0.29) is 173 Å². The van der Waals surface area contributed by atoms with Crippen LogP contribution in [0.15, 0.2) is 0 Å². The van der Waals surface area contributed by atoms with Gasteiger partial charge in [-0.1, -0.05) is 0 Å². The zero-order valence-corrected chi connectivity index (χ0v) is 15.7. The molecule has 3 nitrogen and oxygen atoms in total. The summed E-state index contributed by atoms with van der Waals surface area (Å²) in [5.74, 6) is 0. The Balaban J connectivity index is -0.00000000300. The standard InChI is InChI=1S/CH2O3.ClH.FH.3K.H/c2-1(3)4;;;;;;/h(H2,2,3,4);2*1H;;;;/q;;;3*+1;-1/p-2. The van der Waals surface area contributed by atoms with Gasteiger partial charge in [-0.25, -0.2) is 4.79 Å². The molecule has 0 fully saturated rings. The summed E-state index contributed by atoms with van der Waals surface area (Å²) >= 11 is 0. The summed E-state index contributed by atoms with van der Waals surface area (Å²) in [5.41, 5.74) is 0. The Morgan fingerprint density at radius 1 is 1.11 bits per heavy atom. The summed E-state index contributed by atoms with van der Waals surface area (Å²) in [6, 6.07) is 0. The van der Waals surface area contributed by atoms with Gasteiger partial charge in [-0.05, 0) is 0 Å². The molecule has 0 bridgehead atoms. The van der Waals surface area contributed by atoms with Crippen molar-refractivity contribution in [2.45, 2.75) is 0 Å². The van der Waals surface area contributed by atoms with Crippen LogP contribution in [0.1, 0.15) is 1.43 Å². The first-order chi connectivity index (χ1) is 1.73. The molecule has 0 saturated heterocycles. The van der Waals surface area contributed by atoms with Crippen molar-refractivity contribution in [1.82, 2.24) is 0 Å². The van der Waals surface area contributed by atoms with Gasteiger partial charge in [0, 0.05) is 0 Å². The summed E-state index contributed by atoms with van der Waals surface area (Å²) in [4.78, 5) is 8.56. The van der Waals surface area contributed by atoms with Crippen molar-refractivity contribution in [3.8, 4) is 0 Å². The predicted molar refractivity (Wildman–Crippen MR) is 11.8 cm³/mol. The van der Waals surface area contributed by atoms with E-state index in [4.69, 9.17) is 15.0 Å². The van der Waals surface area contributed by atoms with Crippen LogP contribution in [0.25, 0.3) is 0 Å². The second-order valence-electron chi connectivity index (χ2n) is 0.283. The number of hydrogen-bond acceptors (Lipinski definition) is 1. The van der Waals surface area contributed by atoms with E-state index in [9.17, 15) is 0 Å². The molecule has 0 saturated carbocycles. The first-order valence-electron chi connectivity index (χ1n) is 0.651. The third kappa shape index (κ3) is 69.3. The van der Waals surface area contributed by atoms with Crippen molar-refractivity contribution in [1.29, 1.82) is 0 Å². The van der Waals surface area contributed by atoms with Crippen LogP contribution >= 0.6 is 0 Å². The van der Waals surface area contributed by atoms with Crippen molar-refractivity contribution in [2.24, 2.45) is 0 Å². The van der Waals surface area contributed by atoms with E-state index in [1.807, 2.05) is 0 Å². The van der Waals surface area contributed by atoms with E-state index >= 15 is 0 Å². The number of rotatable bonds is 0. The van der Waals surface area contributed by atoms with Crippen LogP contribution in [0.3, 0.4) is 0 Å². The fourth-order valence-corrected chi connectivity index (χ4v) is 0. The van der Waals surface area contributed by atoms with Gasteiger partial charge >= 0.3 is 160 Å². The molecule has 0 rings (SSSR count). The Kier molecular flexibility index (Phi) is 123. The van der Waals surface area contributed by atoms with Gasteiger partial charge in [0.1, 0.15) is 0 Å². The molecule has 0 atom stereocenters. The summed E-state index contributed by atoms with van der Waals surface area (Å²) in [5, 5.41) is 13.9. The Morgan fingerprint density at radius 2 is 1.11 bits per heavy atom.